The molecule has 0 unspecified atom stereocenters. The third-order valence-electron chi connectivity index (χ3n) is 5.75. The van der Waals surface area contributed by atoms with E-state index in [1.54, 1.807) is 7.05 Å². The van der Waals surface area contributed by atoms with Gasteiger partial charge in [0.05, 0.1) is 5.29 Å². The lowest BCUT2D eigenvalue weighted by Crippen LogP contribution is -2.44. The number of benzene rings is 1. The molecule has 7 heteroatoms. The minimum absolute atomic E-state index is 0.0633. The van der Waals surface area contributed by atoms with Crippen LogP contribution in [-0.4, -0.2) is 23.7 Å². The Morgan fingerprint density at radius 3 is 1.77 bits per heavy atom. The molecule has 0 aliphatic rings. The molecule has 0 saturated heterocycles. The Kier molecular flexibility index (Phi) is 6.41. The summed E-state index contributed by atoms with van der Waals surface area (Å²) in [6, 6.07) is 5.70. The van der Waals surface area contributed by atoms with Crippen LogP contribution in [0.2, 0.25) is 36.3 Å². The maximum Gasteiger partial charge on any atom is 0.250 e. The van der Waals surface area contributed by atoms with Gasteiger partial charge in [-0.2, -0.15) is 0 Å². The fraction of sp³-hybridized carbons (Fsp3) is 0.684. The molecule has 0 aliphatic carbocycles. The van der Waals surface area contributed by atoms with Crippen LogP contribution in [0.15, 0.2) is 23.5 Å². The van der Waals surface area contributed by atoms with Crippen molar-refractivity contribution < 1.29 is 8.85 Å². The maximum atomic E-state index is 11.2. The van der Waals surface area contributed by atoms with E-state index >= 15 is 0 Å². The highest BCUT2D eigenvalue weighted by Crippen LogP contribution is 2.43. The molecule has 1 aromatic rings. The number of hydrogen-bond donors (Lipinski definition) is 0. The summed E-state index contributed by atoms with van der Waals surface area (Å²) in [5, 5.41) is 4.54. The Hall–Kier alpha value is -1.35. The monoisotopic (exact) mass is 396 g/mol. The van der Waals surface area contributed by atoms with Crippen molar-refractivity contribution in [2.75, 3.05) is 12.1 Å². The van der Waals surface area contributed by atoms with Gasteiger partial charge >= 0.3 is 0 Å². The summed E-state index contributed by atoms with van der Waals surface area (Å²) < 4.78 is 12.8. The van der Waals surface area contributed by atoms with E-state index in [4.69, 9.17) is 8.85 Å². The first-order chi connectivity index (χ1) is 11.5. The van der Waals surface area contributed by atoms with Crippen molar-refractivity contribution >= 4 is 22.3 Å². The second kappa shape index (κ2) is 7.34. The van der Waals surface area contributed by atoms with Gasteiger partial charge in [0.2, 0.25) is 8.32 Å². The van der Waals surface area contributed by atoms with Crippen molar-refractivity contribution in [2.24, 2.45) is 5.29 Å². The summed E-state index contributed by atoms with van der Waals surface area (Å²) in [6.45, 7) is 22.0. The third kappa shape index (κ3) is 5.10. The molecule has 0 fully saturated rings. The van der Waals surface area contributed by atoms with Crippen molar-refractivity contribution in [1.29, 1.82) is 0 Å². The largest absolute Gasteiger partial charge is 0.543 e. The molecule has 1 aromatic carbocycles. The minimum Gasteiger partial charge on any atom is -0.543 e. The summed E-state index contributed by atoms with van der Waals surface area (Å²) in [5.74, 6) is 1.44. The summed E-state index contributed by atoms with van der Waals surface area (Å²) in [4.78, 5) is 11.2. The van der Waals surface area contributed by atoms with E-state index in [1.165, 1.54) is 5.01 Å². The van der Waals surface area contributed by atoms with Gasteiger partial charge in [-0.1, -0.05) is 41.5 Å². The Labute approximate surface area is 161 Å². The topological polar surface area (TPSA) is 51.1 Å². The first-order valence-corrected chi connectivity index (χ1v) is 14.9. The molecule has 0 saturated carbocycles. The van der Waals surface area contributed by atoms with Crippen LogP contribution in [0.3, 0.4) is 0 Å². The van der Waals surface area contributed by atoms with E-state index in [-0.39, 0.29) is 10.1 Å². The van der Waals surface area contributed by atoms with Crippen LogP contribution in [-0.2, 0) is 0 Å². The van der Waals surface area contributed by atoms with Crippen LogP contribution in [0.5, 0.6) is 11.5 Å². The molecule has 0 radical (unpaired) electrons. The highest BCUT2D eigenvalue weighted by atomic mass is 28.4. The molecule has 5 nitrogen and oxygen atoms in total. The van der Waals surface area contributed by atoms with Gasteiger partial charge in [0, 0.05) is 13.1 Å². The third-order valence-corrected chi connectivity index (χ3v) is 14.5. The second-order valence-corrected chi connectivity index (χ2v) is 19.4. The number of hydrogen-bond acceptors (Lipinski definition) is 4. The van der Waals surface area contributed by atoms with E-state index < -0.39 is 16.6 Å². The van der Waals surface area contributed by atoms with Crippen molar-refractivity contribution in [3.63, 3.8) is 0 Å². The van der Waals surface area contributed by atoms with Gasteiger partial charge in [-0.15, -0.1) is 4.91 Å². The smallest absolute Gasteiger partial charge is 0.250 e. The molecule has 0 aliphatic heterocycles. The number of anilines is 1. The summed E-state index contributed by atoms with van der Waals surface area (Å²) in [6.07, 6.45) is 0. The molecule has 26 heavy (non-hydrogen) atoms. The zero-order valence-electron chi connectivity index (χ0n) is 18.4. The first kappa shape index (κ1) is 22.7. The number of rotatable bonds is 6. The Morgan fingerprint density at radius 1 is 0.885 bits per heavy atom. The molecule has 0 heterocycles. The molecule has 0 aromatic heterocycles. The molecule has 148 valence electrons. The highest BCUT2D eigenvalue weighted by molar-refractivity contribution is 6.75. The van der Waals surface area contributed by atoms with Crippen LogP contribution in [0.4, 0.5) is 5.69 Å². The summed E-state index contributed by atoms with van der Waals surface area (Å²) in [5.41, 5.74) is 0.640. The second-order valence-electron chi connectivity index (χ2n) is 9.96. The van der Waals surface area contributed by atoms with Crippen LogP contribution in [0.25, 0.3) is 0 Å². The summed E-state index contributed by atoms with van der Waals surface area (Å²) >= 11 is 0. The maximum absolute atomic E-state index is 11.2. The lowest BCUT2D eigenvalue weighted by Gasteiger charge is -2.38. The molecule has 0 N–H and O–H groups in total. The quantitative estimate of drug-likeness (QED) is 0.310. The van der Waals surface area contributed by atoms with Gasteiger partial charge in [0.15, 0.2) is 0 Å². The van der Waals surface area contributed by atoms with Crippen molar-refractivity contribution in [2.45, 2.75) is 77.8 Å². The van der Waals surface area contributed by atoms with Crippen molar-refractivity contribution in [1.82, 2.24) is 0 Å². The van der Waals surface area contributed by atoms with Crippen LogP contribution in [0, 0.1) is 4.91 Å². The summed E-state index contributed by atoms with van der Waals surface area (Å²) in [7, 11) is -2.36. The zero-order valence-corrected chi connectivity index (χ0v) is 20.4. The zero-order chi connectivity index (χ0) is 20.6. The molecular weight excluding hydrogens is 360 g/mol. The predicted molar refractivity (Wildman–Crippen MR) is 116 cm³/mol. The SMILES string of the molecule is CN(N=O)c1cc(O[Si](C)(C)C(C)(C)C)ccc1O[Si](C)(C)C(C)(C)C. The van der Waals surface area contributed by atoms with E-state index in [1.807, 2.05) is 18.2 Å². The van der Waals surface area contributed by atoms with Gasteiger partial charge in [-0.25, -0.2) is 5.01 Å². The Bertz CT molecular complexity index is 647. The van der Waals surface area contributed by atoms with E-state index in [2.05, 4.69) is 73.0 Å². The molecule has 0 bridgehead atoms. The number of nitroso groups, excluding NO2 is 1. The van der Waals surface area contributed by atoms with Gasteiger partial charge < -0.3 is 8.85 Å². The van der Waals surface area contributed by atoms with Crippen LogP contribution >= 0.6 is 0 Å². The average Bonchev–Trinajstić information content (AvgIpc) is 2.45. The lowest BCUT2D eigenvalue weighted by molar-refractivity contribution is 0.481. The van der Waals surface area contributed by atoms with Crippen LogP contribution in [0.1, 0.15) is 41.5 Å². The van der Waals surface area contributed by atoms with E-state index in [0.29, 0.717) is 11.4 Å². The van der Waals surface area contributed by atoms with E-state index in [9.17, 15) is 4.91 Å². The Balaban J connectivity index is 3.30. The van der Waals surface area contributed by atoms with Crippen molar-refractivity contribution in [3.8, 4) is 11.5 Å². The minimum atomic E-state index is -2.03. The molecule has 0 atom stereocenters. The van der Waals surface area contributed by atoms with Gasteiger partial charge in [-0.3, -0.25) is 0 Å². The van der Waals surface area contributed by atoms with Crippen LogP contribution < -0.4 is 13.9 Å². The lowest BCUT2D eigenvalue weighted by atomic mass is 10.2. The fourth-order valence-corrected chi connectivity index (χ4v) is 3.87. The van der Waals surface area contributed by atoms with Crippen molar-refractivity contribution in [3.05, 3.63) is 23.1 Å². The molecule has 0 spiro atoms. The number of nitrogens with zero attached hydrogens (tertiary/aromatic N) is 2. The van der Waals surface area contributed by atoms with Gasteiger partial charge in [0.1, 0.15) is 17.2 Å². The van der Waals surface area contributed by atoms with E-state index in [0.717, 1.165) is 5.75 Å². The standard InChI is InChI=1S/C19H36N2O3Si2/c1-18(2,3)25(8,9)23-15-12-13-17(16(14-15)21(7)20-22)24-26(10,11)19(4,5)6/h12-14H,1-11H3. The first-order valence-electron chi connectivity index (χ1n) is 9.11. The highest BCUT2D eigenvalue weighted by Gasteiger charge is 2.41. The van der Waals surface area contributed by atoms with Gasteiger partial charge in [-0.05, 0) is 48.4 Å². The average molecular weight is 397 g/mol. The molecule has 0 amide bonds. The Morgan fingerprint density at radius 2 is 1.35 bits per heavy atom. The molecular formula is C19H36N2O3Si2. The normalized spacial score (nSPS) is 13.3. The fourth-order valence-electron chi connectivity index (χ4n) is 1.82. The predicted octanol–water partition coefficient (Wildman–Crippen LogP) is 6.57. The molecule has 1 rings (SSSR count). The van der Waals surface area contributed by atoms with Gasteiger partial charge in [0.25, 0.3) is 8.32 Å².